The van der Waals surface area contributed by atoms with Crippen molar-refractivity contribution >= 4 is 18.4 Å². The van der Waals surface area contributed by atoms with Gasteiger partial charge in [-0.15, -0.1) is 0 Å². The van der Waals surface area contributed by atoms with Crippen molar-refractivity contribution in [1.29, 1.82) is 0 Å². The van der Waals surface area contributed by atoms with Crippen molar-refractivity contribution in [2.75, 3.05) is 11.9 Å². The monoisotopic (exact) mass is 228 g/mol. The van der Waals surface area contributed by atoms with Crippen molar-refractivity contribution in [3.63, 3.8) is 0 Å². The molecule has 1 radical (unpaired) electrons. The molecule has 0 saturated heterocycles. The van der Waals surface area contributed by atoms with Crippen LogP contribution in [0.4, 0.5) is 5.69 Å². The lowest BCUT2D eigenvalue weighted by Crippen LogP contribution is -2.25. The summed E-state index contributed by atoms with van der Waals surface area (Å²) >= 11 is 0. The second-order valence-electron chi connectivity index (χ2n) is 5.53. The van der Waals surface area contributed by atoms with Crippen molar-refractivity contribution < 1.29 is 0 Å². The second kappa shape index (κ2) is 5.62. The lowest BCUT2D eigenvalue weighted by molar-refractivity contribution is 0.621. The summed E-state index contributed by atoms with van der Waals surface area (Å²) < 4.78 is 0. The minimum Gasteiger partial charge on any atom is -0.385 e. The Kier molecular flexibility index (Phi) is 4.14. The van der Waals surface area contributed by atoms with Gasteiger partial charge in [0.1, 0.15) is 0 Å². The number of hydrogen-bond donors (Lipinski definition) is 1. The highest BCUT2D eigenvalue weighted by Crippen LogP contribution is 2.21. The summed E-state index contributed by atoms with van der Waals surface area (Å²) in [4.78, 5) is 0. The molecule has 91 valence electrons. The number of nitrogens with one attached hydrogen (secondary N) is 1. The first-order valence-corrected chi connectivity index (χ1v) is 6.89. The fraction of sp³-hybridized carbons (Fsp3) is 0.600. The summed E-state index contributed by atoms with van der Waals surface area (Å²) in [5, 5.41) is 3.55. The van der Waals surface area contributed by atoms with E-state index in [9.17, 15) is 0 Å². The summed E-state index contributed by atoms with van der Waals surface area (Å²) in [6.07, 6.45) is 3.81. The first kappa shape index (κ1) is 12.5. The van der Waals surface area contributed by atoms with Gasteiger partial charge in [0.15, 0.2) is 7.28 Å². The van der Waals surface area contributed by atoms with Gasteiger partial charge in [0.2, 0.25) is 0 Å². The number of rotatable bonds is 3. The third-order valence-corrected chi connectivity index (χ3v) is 3.88. The van der Waals surface area contributed by atoms with E-state index in [4.69, 9.17) is 0 Å². The summed E-state index contributed by atoms with van der Waals surface area (Å²) in [6, 6.07) is 6.67. The van der Waals surface area contributed by atoms with Gasteiger partial charge in [-0.3, -0.25) is 0 Å². The van der Waals surface area contributed by atoms with E-state index >= 15 is 0 Å². The average molecular weight is 228 g/mol. The molecule has 17 heavy (non-hydrogen) atoms. The van der Waals surface area contributed by atoms with Crippen molar-refractivity contribution in [1.82, 2.24) is 0 Å². The Morgan fingerprint density at radius 2 is 2.00 bits per heavy atom. The standard InChI is InChI=1S/C15H23BN/c1-11(2)12(3)16-14-8-6-9-15-13(14)7-4-5-10-17-15/h6,8-9,11-12,17H,4-5,7,10H2,1-3H3. The summed E-state index contributed by atoms with van der Waals surface area (Å²) in [6.45, 7) is 8.02. The fourth-order valence-corrected chi connectivity index (χ4v) is 2.33. The van der Waals surface area contributed by atoms with E-state index in [1.807, 2.05) is 0 Å². The lowest BCUT2D eigenvalue weighted by atomic mass is 9.55. The van der Waals surface area contributed by atoms with E-state index in [0.717, 1.165) is 6.54 Å². The highest BCUT2D eigenvalue weighted by molar-refractivity contribution is 6.55. The summed E-state index contributed by atoms with van der Waals surface area (Å²) in [5.74, 6) is 1.36. The first-order chi connectivity index (χ1) is 8.18. The third-order valence-electron chi connectivity index (χ3n) is 3.88. The van der Waals surface area contributed by atoms with E-state index in [1.54, 1.807) is 0 Å². The zero-order chi connectivity index (χ0) is 12.3. The van der Waals surface area contributed by atoms with Gasteiger partial charge in [-0.25, -0.2) is 0 Å². The van der Waals surface area contributed by atoms with Gasteiger partial charge in [-0.2, -0.15) is 0 Å². The Bertz CT molecular complexity index is 373. The van der Waals surface area contributed by atoms with E-state index in [0.29, 0.717) is 11.7 Å². The van der Waals surface area contributed by atoms with E-state index in [-0.39, 0.29) is 0 Å². The molecule has 1 aliphatic rings. The maximum Gasteiger partial charge on any atom is 0.155 e. The molecule has 2 heteroatoms. The van der Waals surface area contributed by atoms with Gasteiger partial charge in [0.25, 0.3) is 0 Å². The predicted molar refractivity (Wildman–Crippen MR) is 77.5 cm³/mol. The highest BCUT2D eigenvalue weighted by atomic mass is 14.9. The molecule has 1 aromatic rings. The Labute approximate surface area is 106 Å². The molecule has 0 bridgehead atoms. The van der Waals surface area contributed by atoms with Crippen LogP contribution in [0.25, 0.3) is 0 Å². The molecule has 1 nitrogen and oxygen atoms in total. The molecule has 1 heterocycles. The van der Waals surface area contributed by atoms with Crippen molar-refractivity contribution in [2.45, 2.75) is 45.9 Å². The molecule has 1 aliphatic heterocycles. The number of benzene rings is 1. The molecule has 1 aromatic carbocycles. The van der Waals surface area contributed by atoms with Gasteiger partial charge in [-0.1, -0.05) is 50.1 Å². The van der Waals surface area contributed by atoms with Gasteiger partial charge < -0.3 is 5.32 Å². The van der Waals surface area contributed by atoms with Crippen LogP contribution >= 0.6 is 0 Å². The summed E-state index contributed by atoms with van der Waals surface area (Å²) in [7, 11) is 2.44. The fourth-order valence-electron chi connectivity index (χ4n) is 2.33. The van der Waals surface area contributed by atoms with Gasteiger partial charge in [-0.05, 0) is 30.9 Å². The normalized spacial score (nSPS) is 16.9. The molecule has 0 spiro atoms. The van der Waals surface area contributed by atoms with Crippen LogP contribution in [0, 0.1) is 5.92 Å². The Balaban J connectivity index is 2.22. The molecular formula is C15H23BN. The van der Waals surface area contributed by atoms with Crippen LogP contribution in [0.5, 0.6) is 0 Å². The van der Waals surface area contributed by atoms with Crippen molar-refractivity contribution in [3.05, 3.63) is 23.8 Å². The molecule has 0 saturated carbocycles. The quantitative estimate of drug-likeness (QED) is 0.783. The largest absolute Gasteiger partial charge is 0.385 e. The molecule has 2 rings (SSSR count). The molecule has 1 atom stereocenters. The molecule has 1 N–H and O–H groups in total. The molecule has 1 unspecified atom stereocenters. The second-order valence-corrected chi connectivity index (χ2v) is 5.53. The molecule has 0 aliphatic carbocycles. The van der Waals surface area contributed by atoms with Crippen LogP contribution in [-0.2, 0) is 6.42 Å². The number of hydrogen-bond acceptors (Lipinski definition) is 1. The van der Waals surface area contributed by atoms with E-state index < -0.39 is 0 Å². The molecular weight excluding hydrogens is 205 g/mol. The SMILES string of the molecule is CC(C)C(C)[B]c1cccc2c1CCCCN2. The maximum atomic E-state index is 3.55. The van der Waals surface area contributed by atoms with Gasteiger partial charge >= 0.3 is 0 Å². The Morgan fingerprint density at radius 1 is 1.18 bits per heavy atom. The van der Waals surface area contributed by atoms with Crippen molar-refractivity contribution in [2.24, 2.45) is 5.92 Å². The van der Waals surface area contributed by atoms with E-state index in [2.05, 4.69) is 51.6 Å². The van der Waals surface area contributed by atoms with Crippen LogP contribution < -0.4 is 10.8 Å². The van der Waals surface area contributed by atoms with Crippen LogP contribution in [0.1, 0.15) is 39.2 Å². The van der Waals surface area contributed by atoms with Crippen LogP contribution in [0.2, 0.25) is 5.82 Å². The van der Waals surface area contributed by atoms with Crippen LogP contribution in [0.15, 0.2) is 18.2 Å². The first-order valence-electron chi connectivity index (χ1n) is 6.89. The molecule has 0 fully saturated rings. The van der Waals surface area contributed by atoms with Crippen LogP contribution in [-0.4, -0.2) is 13.8 Å². The maximum absolute atomic E-state index is 3.55. The minimum atomic E-state index is 0.643. The predicted octanol–water partition coefficient (Wildman–Crippen LogP) is 3.23. The van der Waals surface area contributed by atoms with Gasteiger partial charge in [0.05, 0.1) is 0 Å². The number of fused-ring (bicyclic) bond motifs is 1. The summed E-state index contributed by atoms with van der Waals surface area (Å²) in [5.41, 5.74) is 4.32. The minimum absolute atomic E-state index is 0.643. The Hall–Kier alpha value is -0.915. The zero-order valence-electron chi connectivity index (χ0n) is 11.3. The number of anilines is 1. The van der Waals surface area contributed by atoms with Gasteiger partial charge in [0, 0.05) is 12.2 Å². The highest BCUT2D eigenvalue weighted by Gasteiger charge is 2.15. The lowest BCUT2D eigenvalue weighted by Gasteiger charge is -2.18. The average Bonchev–Trinajstić information content (AvgIpc) is 2.54. The molecule has 0 aromatic heterocycles. The van der Waals surface area contributed by atoms with E-state index in [1.165, 1.54) is 36.0 Å². The molecule has 0 amide bonds. The topological polar surface area (TPSA) is 12.0 Å². The zero-order valence-corrected chi connectivity index (χ0v) is 11.3. The Morgan fingerprint density at radius 3 is 2.76 bits per heavy atom. The smallest absolute Gasteiger partial charge is 0.155 e. The van der Waals surface area contributed by atoms with Crippen LogP contribution in [0.3, 0.4) is 0 Å². The van der Waals surface area contributed by atoms with Crippen molar-refractivity contribution in [3.8, 4) is 0 Å². The third kappa shape index (κ3) is 3.05.